The zero-order chi connectivity index (χ0) is 24.9. The number of thiophene rings is 1. The van der Waals surface area contributed by atoms with Crippen LogP contribution in [-0.4, -0.2) is 51.1 Å². The Labute approximate surface area is 216 Å². The van der Waals surface area contributed by atoms with E-state index in [9.17, 15) is 4.79 Å². The summed E-state index contributed by atoms with van der Waals surface area (Å²) in [7, 11) is 3.29. The number of methoxy groups -OCH3 is 2. The number of piperidine rings is 1. The standard InChI is InChI=1S/C30H31NO4S/c1-33-23-13-11-22(12-14-23)30-28(27-25(34-2)7-6-8-26(27)36-30)29(32)21-9-15-24(16-10-21)35-20-19-31-17-4-3-5-18-31/h6-16H,3-5,17-20H2,1-2H3. The van der Waals surface area contributed by atoms with Crippen molar-refractivity contribution in [3.05, 3.63) is 77.9 Å². The van der Waals surface area contributed by atoms with Gasteiger partial charge in [-0.25, -0.2) is 0 Å². The van der Waals surface area contributed by atoms with Crippen LogP contribution in [0.15, 0.2) is 66.7 Å². The quantitative estimate of drug-likeness (QED) is 0.239. The molecule has 4 aromatic rings. The van der Waals surface area contributed by atoms with Gasteiger partial charge in [0.15, 0.2) is 5.78 Å². The molecule has 0 aliphatic carbocycles. The average Bonchev–Trinajstić information content (AvgIpc) is 3.33. The van der Waals surface area contributed by atoms with Crippen molar-refractivity contribution >= 4 is 27.2 Å². The van der Waals surface area contributed by atoms with Gasteiger partial charge in [-0.2, -0.15) is 0 Å². The van der Waals surface area contributed by atoms with Crippen LogP contribution >= 0.6 is 11.3 Å². The Kier molecular flexibility index (Phi) is 7.54. The highest BCUT2D eigenvalue weighted by Gasteiger charge is 2.24. The van der Waals surface area contributed by atoms with Gasteiger partial charge in [0.25, 0.3) is 0 Å². The van der Waals surface area contributed by atoms with E-state index in [1.54, 1.807) is 25.6 Å². The molecular weight excluding hydrogens is 470 g/mol. The first kappa shape index (κ1) is 24.3. The summed E-state index contributed by atoms with van der Waals surface area (Å²) < 4.78 is 18.0. The van der Waals surface area contributed by atoms with Crippen molar-refractivity contribution in [3.63, 3.8) is 0 Å². The van der Waals surface area contributed by atoms with Crippen LogP contribution in [0.3, 0.4) is 0 Å². The molecule has 0 radical (unpaired) electrons. The molecule has 1 aliphatic rings. The summed E-state index contributed by atoms with van der Waals surface area (Å²) in [4.78, 5) is 17.3. The summed E-state index contributed by atoms with van der Waals surface area (Å²) in [5, 5.41) is 0.850. The molecule has 6 heteroatoms. The van der Waals surface area contributed by atoms with E-state index < -0.39 is 0 Å². The summed E-state index contributed by atoms with van der Waals surface area (Å²) in [6.45, 7) is 3.91. The van der Waals surface area contributed by atoms with Crippen molar-refractivity contribution < 1.29 is 19.0 Å². The molecule has 0 bridgehead atoms. The highest BCUT2D eigenvalue weighted by atomic mass is 32.1. The molecule has 1 aromatic heterocycles. The van der Waals surface area contributed by atoms with E-state index in [0.29, 0.717) is 23.5 Å². The van der Waals surface area contributed by atoms with Crippen LogP contribution in [0.5, 0.6) is 17.2 Å². The monoisotopic (exact) mass is 501 g/mol. The van der Waals surface area contributed by atoms with Gasteiger partial charge in [0.05, 0.1) is 19.8 Å². The fraction of sp³-hybridized carbons (Fsp3) is 0.300. The van der Waals surface area contributed by atoms with Crippen molar-refractivity contribution in [2.24, 2.45) is 0 Å². The lowest BCUT2D eigenvalue weighted by Crippen LogP contribution is -2.33. The molecule has 5 rings (SSSR count). The summed E-state index contributed by atoms with van der Waals surface area (Å²) in [6.07, 6.45) is 3.88. The number of likely N-dealkylation sites (tertiary alicyclic amines) is 1. The molecule has 186 valence electrons. The molecule has 0 atom stereocenters. The molecule has 1 saturated heterocycles. The van der Waals surface area contributed by atoms with Crippen molar-refractivity contribution in [2.45, 2.75) is 19.3 Å². The van der Waals surface area contributed by atoms with Crippen molar-refractivity contribution in [2.75, 3.05) is 40.5 Å². The third kappa shape index (κ3) is 5.11. The number of ether oxygens (including phenoxy) is 3. The first-order valence-electron chi connectivity index (χ1n) is 12.4. The molecule has 0 saturated carbocycles. The first-order chi connectivity index (χ1) is 17.7. The Balaban J connectivity index is 1.42. The van der Waals surface area contributed by atoms with Gasteiger partial charge in [0, 0.05) is 27.1 Å². The van der Waals surface area contributed by atoms with E-state index in [0.717, 1.165) is 51.7 Å². The number of carbonyl (C=O) groups excluding carboxylic acids is 1. The second-order valence-corrected chi connectivity index (χ2v) is 10.0. The van der Waals surface area contributed by atoms with Crippen molar-refractivity contribution in [1.82, 2.24) is 4.90 Å². The van der Waals surface area contributed by atoms with E-state index in [1.807, 2.05) is 66.7 Å². The van der Waals surface area contributed by atoms with Gasteiger partial charge in [-0.05, 0) is 92.2 Å². The largest absolute Gasteiger partial charge is 0.497 e. The minimum absolute atomic E-state index is 0.0311. The normalized spacial score (nSPS) is 14.1. The number of nitrogens with zero attached hydrogens (tertiary/aromatic N) is 1. The van der Waals surface area contributed by atoms with Crippen LogP contribution in [0.25, 0.3) is 20.5 Å². The molecule has 1 aliphatic heterocycles. The smallest absolute Gasteiger partial charge is 0.195 e. The second-order valence-electron chi connectivity index (χ2n) is 8.97. The zero-order valence-corrected chi connectivity index (χ0v) is 21.6. The number of hydrogen-bond acceptors (Lipinski definition) is 6. The van der Waals surface area contributed by atoms with Crippen LogP contribution in [0, 0.1) is 0 Å². The van der Waals surface area contributed by atoms with E-state index in [-0.39, 0.29) is 5.78 Å². The minimum atomic E-state index is -0.0311. The third-order valence-electron chi connectivity index (χ3n) is 6.72. The van der Waals surface area contributed by atoms with Crippen LogP contribution in [0.1, 0.15) is 35.2 Å². The maximum Gasteiger partial charge on any atom is 0.195 e. The molecule has 0 N–H and O–H groups in total. The van der Waals surface area contributed by atoms with Gasteiger partial charge in [0.2, 0.25) is 0 Å². The molecule has 5 nitrogen and oxygen atoms in total. The second kappa shape index (κ2) is 11.1. The molecule has 2 heterocycles. The molecule has 0 spiro atoms. The number of carbonyl (C=O) groups is 1. The fourth-order valence-corrected chi connectivity index (χ4v) is 5.99. The highest BCUT2D eigenvalue weighted by Crippen LogP contribution is 2.44. The maximum absolute atomic E-state index is 13.9. The summed E-state index contributed by atoms with van der Waals surface area (Å²) >= 11 is 1.60. The Morgan fingerprint density at radius 3 is 2.28 bits per heavy atom. The lowest BCUT2D eigenvalue weighted by atomic mass is 9.97. The van der Waals surface area contributed by atoms with Crippen LogP contribution < -0.4 is 14.2 Å². The predicted molar refractivity (Wildman–Crippen MR) is 146 cm³/mol. The Morgan fingerprint density at radius 1 is 0.861 bits per heavy atom. The van der Waals surface area contributed by atoms with Crippen LogP contribution in [0.4, 0.5) is 0 Å². The number of rotatable bonds is 9. The van der Waals surface area contributed by atoms with Crippen molar-refractivity contribution in [1.29, 1.82) is 0 Å². The number of hydrogen-bond donors (Lipinski definition) is 0. The topological polar surface area (TPSA) is 48.0 Å². The number of fused-ring (bicyclic) bond motifs is 1. The van der Waals surface area contributed by atoms with E-state index >= 15 is 0 Å². The van der Waals surface area contributed by atoms with Crippen LogP contribution in [0.2, 0.25) is 0 Å². The highest BCUT2D eigenvalue weighted by molar-refractivity contribution is 7.22. The van der Waals surface area contributed by atoms with Gasteiger partial charge in [-0.1, -0.05) is 12.5 Å². The zero-order valence-electron chi connectivity index (χ0n) is 20.8. The summed E-state index contributed by atoms with van der Waals surface area (Å²) in [6, 6.07) is 21.2. The molecule has 1 fully saturated rings. The first-order valence-corrected chi connectivity index (χ1v) is 13.2. The van der Waals surface area contributed by atoms with Gasteiger partial charge in [-0.3, -0.25) is 9.69 Å². The molecule has 36 heavy (non-hydrogen) atoms. The molecular formula is C30H31NO4S. The SMILES string of the molecule is COc1ccc(-c2sc3cccc(OC)c3c2C(=O)c2ccc(OCCN3CCCCC3)cc2)cc1. The van der Waals surface area contributed by atoms with Crippen LogP contribution in [-0.2, 0) is 0 Å². The van der Waals surface area contributed by atoms with Gasteiger partial charge >= 0.3 is 0 Å². The lowest BCUT2D eigenvalue weighted by Gasteiger charge is -2.26. The number of benzene rings is 3. The third-order valence-corrected chi connectivity index (χ3v) is 7.92. The Hall–Kier alpha value is -3.35. The minimum Gasteiger partial charge on any atom is -0.497 e. The molecule has 0 amide bonds. The summed E-state index contributed by atoms with van der Waals surface area (Å²) in [5.74, 6) is 2.23. The fourth-order valence-electron chi connectivity index (χ4n) is 4.77. The molecule has 0 unspecified atom stereocenters. The van der Waals surface area contributed by atoms with Gasteiger partial charge < -0.3 is 14.2 Å². The predicted octanol–water partition coefficient (Wildman–Crippen LogP) is 6.68. The maximum atomic E-state index is 13.9. The van der Waals surface area contributed by atoms with Gasteiger partial charge in [0.1, 0.15) is 23.9 Å². The Bertz CT molecular complexity index is 1320. The van der Waals surface area contributed by atoms with Gasteiger partial charge in [-0.15, -0.1) is 11.3 Å². The average molecular weight is 502 g/mol. The molecule has 3 aromatic carbocycles. The van der Waals surface area contributed by atoms with E-state index in [4.69, 9.17) is 14.2 Å². The van der Waals surface area contributed by atoms with Crippen molar-refractivity contribution in [3.8, 4) is 27.7 Å². The van der Waals surface area contributed by atoms with E-state index in [1.165, 1.54) is 19.3 Å². The summed E-state index contributed by atoms with van der Waals surface area (Å²) in [5.41, 5.74) is 2.26. The van der Waals surface area contributed by atoms with E-state index in [2.05, 4.69) is 4.90 Å². The number of ketones is 1. The lowest BCUT2D eigenvalue weighted by molar-refractivity contribution is 0.104. The Morgan fingerprint density at radius 2 is 1.58 bits per heavy atom.